The molecular weight excluding hydrogens is 389 g/mol. The van der Waals surface area contributed by atoms with Crippen molar-refractivity contribution in [2.45, 2.75) is 0 Å². The molecule has 4 rings (SSSR count). The zero-order chi connectivity index (χ0) is 20.8. The van der Waals surface area contributed by atoms with E-state index in [9.17, 15) is 4.79 Å². The largest absolute Gasteiger partial charge is 0.497 e. The van der Waals surface area contributed by atoms with Crippen LogP contribution in [0.4, 0.5) is 0 Å². The fourth-order valence-electron chi connectivity index (χ4n) is 3.48. The van der Waals surface area contributed by atoms with Gasteiger partial charge in [-0.25, -0.2) is 4.74 Å². The molecule has 0 unspecified atom stereocenters. The Kier molecular flexibility index (Phi) is 5.92. The van der Waals surface area contributed by atoms with Crippen molar-refractivity contribution in [1.29, 1.82) is 0 Å². The monoisotopic (exact) mass is 411 g/mol. The molecule has 4 heteroatoms. The van der Waals surface area contributed by atoms with E-state index in [2.05, 4.69) is 36.4 Å². The summed E-state index contributed by atoms with van der Waals surface area (Å²) >= 11 is 0. The van der Waals surface area contributed by atoms with Crippen LogP contribution in [-0.2, 0) is 0 Å². The molecule has 0 spiro atoms. The summed E-state index contributed by atoms with van der Waals surface area (Å²) in [4.78, 5) is 13.4. The standard InChI is InChI=1S/C26H22NO2P/c1-29-22-19-17-21(18-20-22)26(28)27-30(23-11-5-2-6-12-23,24-13-7-3-8-14-24)25-15-9-4-10-16-25/h2-20H,1H3. The second kappa shape index (κ2) is 8.94. The maximum atomic E-state index is 13.4. The third kappa shape index (κ3) is 3.85. The van der Waals surface area contributed by atoms with E-state index >= 15 is 0 Å². The summed E-state index contributed by atoms with van der Waals surface area (Å²) in [5, 5.41) is 3.14. The summed E-state index contributed by atoms with van der Waals surface area (Å²) in [6.07, 6.45) is 0. The van der Waals surface area contributed by atoms with E-state index in [1.807, 2.05) is 54.6 Å². The minimum atomic E-state index is -2.55. The van der Waals surface area contributed by atoms with Crippen molar-refractivity contribution < 1.29 is 9.53 Å². The highest BCUT2D eigenvalue weighted by Crippen LogP contribution is 2.46. The molecule has 1 amide bonds. The number of carbonyl (C=O) groups is 1. The van der Waals surface area contributed by atoms with Crippen molar-refractivity contribution in [2.24, 2.45) is 4.74 Å². The minimum absolute atomic E-state index is 0.234. The lowest BCUT2D eigenvalue weighted by Crippen LogP contribution is -2.26. The van der Waals surface area contributed by atoms with Crippen LogP contribution in [0.3, 0.4) is 0 Å². The molecular formula is C26H22NO2P. The van der Waals surface area contributed by atoms with Crippen molar-refractivity contribution in [3.05, 3.63) is 121 Å². The summed E-state index contributed by atoms with van der Waals surface area (Å²) in [6.45, 7) is 0. The number of nitrogens with zero attached hydrogens (tertiary/aromatic N) is 1. The SMILES string of the molecule is COc1ccc(C(=O)N=P(c2ccccc2)(c2ccccc2)c2ccccc2)cc1. The van der Waals surface area contributed by atoms with Crippen molar-refractivity contribution in [2.75, 3.05) is 7.11 Å². The van der Waals surface area contributed by atoms with Gasteiger partial charge in [-0.1, -0.05) is 91.0 Å². The van der Waals surface area contributed by atoms with Gasteiger partial charge in [-0.2, -0.15) is 0 Å². The number of amides is 1. The molecule has 0 saturated carbocycles. The van der Waals surface area contributed by atoms with E-state index in [1.165, 1.54) is 0 Å². The van der Waals surface area contributed by atoms with Crippen LogP contribution in [-0.4, -0.2) is 13.0 Å². The quantitative estimate of drug-likeness (QED) is 0.433. The molecule has 0 N–H and O–H groups in total. The predicted octanol–water partition coefficient (Wildman–Crippen LogP) is 5.01. The van der Waals surface area contributed by atoms with Crippen LogP contribution >= 0.6 is 7.05 Å². The van der Waals surface area contributed by atoms with E-state index < -0.39 is 7.05 Å². The first kappa shape index (κ1) is 19.9. The van der Waals surface area contributed by atoms with Gasteiger partial charge < -0.3 is 4.74 Å². The van der Waals surface area contributed by atoms with Crippen LogP contribution in [0.5, 0.6) is 5.75 Å². The molecule has 0 aliphatic carbocycles. The maximum absolute atomic E-state index is 13.4. The van der Waals surface area contributed by atoms with Crippen molar-refractivity contribution >= 4 is 28.9 Å². The van der Waals surface area contributed by atoms with E-state index in [4.69, 9.17) is 9.48 Å². The molecule has 0 aliphatic rings. The smallest absolute Gasteiger partial charge is 0.276 e. The van der Waals surface area contributed by atoms with Gasteiger partial charge in [-0.3, -0.25) is 4.79 Å². The van der Waals surface area contributed by atoms with Gasteiger partial charge in [0.25, 0.3) is 5.91 Å². The molecule has 0 radical (unpaired) electrons. The second-order valence-corrected chi connectivity index (χ2v) is 9.80. The number of rotatable bonds is 5. The highest BCUT2D eigenvalue weighted by atomic mass is 31.2. The Morgan fingerprint density at radius 1 is 0.633 bits per heavy atom. The third-order valence-electron chi connectivity index (χ3n) is 4.97. The number of hydrogen-bond donors (Lipinski definition) is 0. The van der Waals surface area contributed by atoms with Crippen LogP contribution in [0, 0.1) is 0 Å². The van der Waals surface area contributed by atoms with Crippen molar-refractivity contribution in [3.8, 4) is 5.75 Å². The van der Waals surface area contributed by atoms with Gasteiger partial charge in [-0.05, 0) is 24.3 Å². The van der Waals surface area contributed by atoms with Crippen LogP contribution in [0.1, 0.15) is 10.4 Å². The van der Waals surface area contributed by atoms with Gasteiger partial charge in [0, 0.05) is 21.5 Å². The molecule has 4 aromatic rings. The van der Waals surface area contributed by atoms with Crippen molar-refractivity contribution in [1.82, 2.24) is 0 Å². The first-order chi connectivity index (χ1) is 14.7. The molecule has 0 heterocycles. The highest BCUT2D eigenvalue weighted by molar-refractivity contribution is 7.87. The molecule has 0 aromatic heterocycles. The van der Waals surface area contributed by atoms with Crippen molar-refractivity contribution in [3.63, 3.8) is 0 Å². The second-order valence-electron chi connectivity index (χ2n) is 6.78. The lowest BCUT2D eigenvalue weighted by atomic mass is 10.2. The van der Waals surface area contributed by atoms with Crippen LogP contribution in [0.2, 0.25) is 0 Å². The number of hydrogen-bond acceptors (Lipinski definition) is 2. The minimum Gasteiger partial charge on any atom is -0.497 e. The molecule has 0 aliphatic heterocycles. The molecule has 4 aromatic carbocycles. The summed E-state index contributed by atoms with van der Waals surface area (Å²) in [5.74, 6) is 0.476. The molecule has 0 saturated heterocycles. The Morgan fingerprint density at radius 3 is 1.40 bits per heavy atom. The lowest BCUT2D eigenvalue weighted by Gasteiger charge is -2.26. The number of ether oxygens (including phenoxy) is 1. The summed E-state index contributed by atoms with van der Waals surface area (Å²) in [5.41, 5.74) is 0.544. The van der Waals surface area contributed by atoms with E-state index in [1.54, 1.807) is 31.4 Å². The highest BCUT2D eigenvalue weighted by Gasteiger charge is 2.28. The average molecular weight is 411 g/mol. The first-order valence-corrected chi connectivity index (χ1v) is 11.5. The summed E-state index contributed by atoms with van der Waals surface area (Å²) in [7, 11) is -0.940. The zero-order valence-electron chi connectivity index (χ0n) is 16.7. The van der Waals surface area contributed by atoms with Gasteiger partial charge in [0.1, 0.15) is 5.75 Å². The number of carbonyl (C=O) groups excluding carboxylic acids is 1. The maximum Gasteiger partial charge on any atom is 0.276 e. The molecule has 3 nitrogen and oxygen atoms in total. The van der Waals surface area contributed by atoms with E-state index in [-0.39, 0.29) is 5.91 Å². The summed E-state index contributed by atoms with van der Waals surface area (Å²) < 4.78 is 10.2. The Hall–Kier alpha value is -3.42. The van der Waals surface area contributed by atoms with Gasteiger partial charge in [0.05, 0.1) is 14.2 Å². The van der Waals surface area contributed by atoms with Gasteiger partial charge in [-0.15, -0.1) is 0 Å². The third-order valence-corrected chi connectivity index (χ3v) is 8.59. The summed E-state index contributed by atoms with van der Waals surface area (Å²) in [6, 6.07) is 37.5. The Morgan fingerprint density at radius 2 is 1.03 bits per heavy atom. The van der Waals surface area contributed by atoms with E-state index in [0.717, 1.165) is 15.9 Å². The Bertz CT molecular complexity index is 1070. The Balaban J connectivity index is 2.01. The number of methoxy groups -OCH3 is 1. The van der Waals surface area contributed by atoms with Gasteiger partial charge >= 0.3 is 0 Å². The molecule has 0 fully saturated rings. The lowest BCUT2D eigenvalue weighted by molar-refractivity contribution is 0.100. The van der Waals surface area contributed by atoms with Crippen LogP contribution in [0.25, 0.3) is 0 Å². The fourth-order valence-corrected chi connectivity index (χ4v) is 6.92. The van der Waals surface area contributed by atoms with Gasteiger partial charge in [0.15, 0.2) is 0 Å². The first-order valence-electron chi connectivity index (χ1n) is 9.71. The number of benzene rings is 4. The van der Waals surface area contributed by atoms with Gasteiger partial charge in [0.2, 0.25) is 0 Å². The molecule has 30 heavy (non-hydrogen) atoms. The average Bonchev–Trinajstić information content (AvgIpc) is 2.84. The van der Waals surface area contributed by atoms with E-state index in [0.29, 0.717) is 11.3 Å². The normalized spacial score (nSPS) is 11.0. The fraction of sp³-hybridized carbons (Fsp3) is 0.0385. The van der Waals surface area contributed by atoms with Crippen LogP contribution < -0.4 is 20.7 Å². The van der Waals surface area contributed by atoms with Crippen LogP contribution in [0.15, 0.2) is 120 Å². The molecule has 0 atom stereocenters. The topological polar surface area (TPSA) is 38.7 Å². The molecule has 148 valence electrons. The molecule has 0 bridgehead atoms. The Labute approximate surface area is 177 Å². The predicted molar refractivity (Wildman–Crippen MR) is 125 cm³/mol. The zero-order valence-corrected chi connectivity index (χ0v) is 17.6.